The summed E-state index contributed by atoms with van der Waals surface area (Å²) in [5, 5.41) is 9.23. The van der Waals surface area contributed by atoms with Gasteiger partial charge in [-0.1, -0.05) is 11.8 Å². The normalized spacial score (nSPS) is 14.2. The van der Waals surface area contributed by atoms with Gasteiger partial charge in [0.25, 0.3) is 5.91 Å². The molecular formula is C23H30N6O2S. The maximum atomic E-state index is 12.5. The van der Waals surface area contributed by atoms with Crippen LogP contribution in [0.15, 0.2) is 35.6 Å². The molecule has 32 heavy (non-hydrogen) atoms. The Bertz CT molecular complexity index is 1060. The molecule has 4 rings (SSSR count). The lowest BCUT2D eigenvalue weighted by atomic mass is 10.1. The lowest BCUT2D eigenvalue weighted by Gasteiger charge is -2.28. The Morgan fingerprint density at radius 1 is 1.16 bits per heavy atom. The van der Waals surface area contributed by atoms with Gasteiger partial charge in [0.1, 0.15) is 11.6 Å². The Balaban J connectivity index is 1.43. The van der Waals surface area contributed by atoms with E-state index in [0.29, 0.717) is 18.7 Å². The van der Waals surface area contributed by atoms with Crippen molar-refractivity contribution in [1.82, 2.24) is 25.1 Å². The van der Waals surface area contributed by atoms with Crippen LogP contribution in [0.1, 0.15) is 43.5 Å². The Kier molecular flexibility index (Phi) is 7.14. The monoisotopic (exact) mass is 454 g/mol. The average molecular weight is 455 g/mol. The molecule has 1 N–H and O–H groups in total. The Hall–Kier alpha value is -2.81. The number of nitrogens with one attached hydrogen (secondary N) is 1. The number of aromatic nitrogens is 4. The quantitative estimate of drug-likeness (QED) is 0.410. The summed E-state index contributed by atoms with van der Waals surface area (Å²) in [6, 6.07) is 7.19. The summed E-state index contributed by atoms with van der Waals surface area (Å²) in [7, 11) is 0. The van der Waals surface area contributed by atoms with Crippen LogP contribution in [-0.4, -0.2) is 57.6 Å². The summed E-state index contributed by atoms with van der Waals surface area (Å²) in [6.07, 6.45) is 7.57. The SMILES string of the molecule is CSc1nc(N2CCCCC2)c2cnn(CCNC(=O)c3ccc(OC(C)C)cc3)c2n1. The summed E-state index contributed by atoms with van der Waals surface area (Å²) in [6.45, 7) is 6.97. The van der Waals surface area contributed by atoms with Gasteiger partial charge in [0.15, 0.2) is 10.8 Å². The Morgan fingerprint density at radius 3 is 2.59 bits per heavy atom. The van der Waals surface area contributed by atoms with E-state index in [-0.39, 0.29) is 12.0 Å². The lowest BCUT2D eigenvalue weighted by Crippen LogP contribution is -2.30. The van der Waals surface area contributed by atoms with Gasteiger partial charge in [0.05, 0.1) is 24.2 Å². The number of carbonyl (C=O) groups excluding carboxylic acids is 1. The standard InChI is InChI=1S/C23H30N6O2S/c1-16(2)31-18-9-7-17(8-10-18)22(30)24-11-14-29-21-19(15-25-29)20(26-23(27-21)32-3)28-12-5-4-6-13-28/h7-10,15-16H,4-6,11-14H2,1-3H3,(H,24,30). The number of anilines is 1. The van der Waals surface area contributed by atoms with E-state index in [9.17, 15) is 4.79 Å². The zero-order valence-corrected chi connectivity index (χ0v) is 19.7. The fourth-order valence-corrected chi connectivity index (χ4v) is 4.21. The first-order valence-electron chi connectivity index (χ1n) is 11.1. The number of benzene rings is 1. The van der Waals surface area contributed by atoms with E-state index < -0.39 is 0 Å². The average Bonchev–Trinajstić information content (AvgIpc) is 3.22. The molecular weight excluding hydrogens is 424 g/mol. The molecule has 0 atom stereocenters. The molecule has 9 heteroatoms. The molecule has 0 bridgehead atoms. The first kappa shape index (κ1) is 22.4. The van der Waals surface area contributed by atoms with E-state index in [2.05, 4.69) is 15.3 Å². The summed E-state index contributed by atoms with van der Waals surface area (Å²) in [4.78, 5) is 24.3. The second kappa shape index (κ2) is 10.2. The van der Waals surface area contributed by atoms with Crippen LogP contribution in [0.2, 0.25) is 0 Å². The van der Waals surface area contributed by atoms with Crippen LogP contribution in [0.5, 0.6) is 5.75 Å². The lowest BCUT2D eigenvalue weighted by molar-refractivity contribution is 0.0952. The Labute approximate surface area is 192 Å². The van der Waals surface area contributed by atoms with Crippen LogP contribution in [0.4, 0.5) is 5.82 Å². The molecule has 0 unspecified atom stereocenters. The van der Waals surface area contributed by atoms with Crippen LogP contribution >= 0.6 is 11.8 Å². The second-order valence-electron chi connectivity index (χ2n) is 8.13. The van der Waals surface area contributed by atoms with E-state index in [1.165, 1.54) is 31.0 Å². The third-order valence-corrected chi connectivity index (χ3v) is 5.94. The molecule has 1 aromatic carbocycles. The highest BCUT2D eigenvalue weighted by molar-refractivity contribution is 7.98. The van der Waals surface area contributed by atoms with Crippen LogP contribution in [-0.2, 0) is 6.54 Å². The number of nitrogens with zero attached hydrogens (tertiary/aromatic N) is 5. The van der Waals surface area contributed by atoms with E-state index in [4.69, 9.17) is 14.7 Å². The number of amides is 1. The van der Waals surface area contributed by atoms with Gasteiger partial charge in [-0.2, -0.15) is 5.10 Å². The first-order chi connectivity index (χ1) is 15.5. The van der Waals surface area contributed by atoms with Crippen molar-refractivity contribution < 1.29 is 9.53 Å². The van der Waals surface area contributed by atoms with Crippen molar-refractivity contribution in [3.63, 3.8) is 0 Å². The van der Waals surface area contributed by atoms with Crippen LogP contribution in [0, 0.1) is 0 Å². The maximum absolute atomic E-state index is 12.5. The Morgan fingerprint density at radius 2 is 1.91 bits per heavy atom. The molecule has 8 nitrogen and oxygen atoms in total. The minimum Gasteiger partial charge on any atom is -0.491 e. The van der Waals surface area contributed by atoms with Crippen molar-refractivity contribution in [2.75, 3.05) is 30.8 Å². The highest BCUT2D eigenvalue weighted by atomic mass is 32.2. The van der Waals surface area contributed by atoms with E-state index >= 15 is 0 Å². The van der Waals surface area contributed by atoms with Crippen molar-refractivity contribution in [2.24, 2.45) is 0 Å². The van der Waals surface area contributed by atoms with E-state index in [1.807, 2.05) is 43.1 Å². The van der Waals surface area contributed by atoms with Crippen molar-refractivity contribution in [3.8, 4) is 5.75 Å². The zero-order chi connectivity index (χ0) is 22.5. The molecule has 1 aliphatic rings. The molecule has 1 saturated heterocycles. The van der Waals surface area contributed by atoms with Crippen molar-refractivity contribution >= 4 is 34.5 Å². The van der Waals surface area contributed by atoms with Crippen molar-refractivity contribution in [3.05, 3.63) is 36.0 Å². The third kappa shape index (κ3) is 5.15. The number of rotatable bonds is 8. The summed E-state index contributed by atoms with van der Waals surface area (Å²) in [5.74, 6) is 1.61. The van der Waals surface area contributed by atoms with Gasteiger partial charge in [-0.25, -0.2) is 14.6 Å². The number of hydrogen-bond donors (Lipinski definition) is 1. The molecule has 0 radical (unpaired) electrons. The smallest absolute Gasteiger partial charge is 0.251 e. The van der Waals surface area contributed by atoms with Crippen LogP contribution in [0.3, 0.4) is 0 Å². The molecule has 1 aliphatic heterocycles. The van der Waals surface area contributed by atoms with Crippen LogP contribution in [0.25, 0.3) is 11.0 Å². The van der Waals surface area contributed by atoms with Gasteiger partial charge >= 0.3 is 0 Å². The molecule has 1 amide bonds. The summed E-state index contributed by atoms with van der Waals surface area (Å²) in [5.41, 5.74) is 1.42. The minimum absolute atomic E-state index is 0.101. The molecule has 2 aromatic heterocycles. The number of thioether (sulfide) groups is 1. The zero-order valence-electron chi connectivity index (χ0n) is 18.9. The van der Waals surface area contributed by atoms with Crippen LogP contribution < -0.4 is 15.0 Å². The van der Waals surface area contributed by atoms with Gasteiger partial charge in [0, 0.05) is 25.2 Å². The molecule has 3 heterocycles. The van der Waals surface area contributed by atoms with E-state index in [0.717, 1.165) is 40.8 Å². The number of carbonyl (C=O) groups is 1. The van der Waals surface area contributed by atoms with Gasteiger partial charge in [-0.3, -0.25) is 4.79 Å². The molecule has 0 aliphatic carbocycles. The summed E-state index contributed by atoms with van der Waals surface area (Å²) >= 11 is 1.53. The van der Waals surface area contributed by atoms with Crippen molar-refractivity contribution in [2.45, 2.75) is 50.9 Å². The molecule has 170 valence electrons. The van der Waals surface area contributed by atoms with Gasteiger partial charge in [-0.15, -0.1) is 0 Å². The minimum atomic E-state index is -0.119. The largest absolute Gasteiger partial charge is 0.491 e. The fraction of sp³-hybridized carbons (Fsp3) is 0.478. The van der Waals surface area contributed by atoms with Gasteiger partial charge < -0.3 is 15.0 Å². The van der Waals surface area contributed by atoms with Gasteiger partial charge in [-0.05, 0) is 63.6 Å². The summed E-state index contributed by atoms with van der Waals surface area (Å²) < 4.78 is 7.48. The predicted octanol–water partition coefficient (Wildman–Crippen LogP) is 3.76. The third-order valence-electron chi connectivity index (χ3n) is 5.39. The van der Waals surface area contributed by atoms with E-state index in [1.54, 1.807) is 12.1 Å². The number of hydrogen-bond acceptors (Lipinski definition) is 7. The number of fused-ring (bicyclic) bond motifs is 1. The first-order valence-corrected chi connectivity index (χ1v) is 12.3. The number of piperidine rings is 1. The fourth-order valence-electron chi connectivity index (χ4n) is 3.86. The maximum Gasteiger partial charge on any atom is 0.251 e. The highest BCUT2D eigenvalue weighted by Gasteiger charge is 2.19. The molecule has 0 spiro atoms. The van der Waals surface area contributed by atoms with Gasteiger partial charge in [0.2, 0.25) is 0 Å². The second-order valence-corrected chi connectivity index (χ2v) is 8.91. The number of ether oxygens (including phenoxy) is 1. The molecule has 3 aromatic rings. The van der Waals surface area contributed by atoms with Crippen molar-refractivity contribution in [1.29, 1.82) is 0 Å². The topological polar surface area (TPSA) is 85.2 Å². The molecule has 0 saturated carbocycles. The highest BCUT2D eigenvalue weighted by Crippen LogP contribution is 2.28. The predicted molar refractivity (Wildman–Crippen MR) is 128 cm³/mol. The molecule has 1 fully saturated rings.